The number of carbonyl (C=O) groups excluding carboxylic acids is 1. The molecule has 2 heterocycles. The number of hydrogen-bond donors (Lipinski definition) is 0. The molecule has 0 N–H and O–H groups in total. The Bertz CT molecular complexity index is 1070. The summed E-state index contributed by atoms with van der Waals surface area (Å²) < 4.78 is 14.0. The van der Waals surface area contributed by atoms with Gasteiger partial charge < -0.3 is 14.4 Å². The van der Waals surface area contributed by atoms with E-state index in [-0.39, 0.29) is 12.2 Å². The lowest BCUT2D eigenvalue weighted by Gasteiger charge is -2.34. The number of rotatable bonds is 4. The summed E-state index contributed by atoms with van der Waals surface area (Å²) in [6.45, 7) is 7.38. The number of benzene rings is 2. The molecule has 0 bridgehead atoms. The lowest BCUT2D eigenvalue weighted by atomic mass is 10.1. The molecule has 3 aromatic rings. The van der Waals surface area contributed by atoms with E-state index in [1.807, 2.05) is 69.3 Å². The van der Waals surface area contributed by atoms with Gasteiger partial charge in [0.25, 0.3) is 6.01 Å². The number of imidazole rings is 1. The van der Waals surface area contributed by atoms with E-state index in [0.717, 1.165) is 29.4 Å². The van der Waals surface area contributed by atoms with Gasteiger partial charge in [-0.1, -0.05) is 35.9 Å². The second kappa shape index (κ2) is 8.79. The maximum atomic E-state index is 12.5. The minimum Gasteiger partial charge on any atom is -0.459 e. The van der Waals surface area contributed by atoms with E-state index in [0.29, 0.717) is 30.7 Å². The van der Waals surface area contributed by atoms with Crippen molar-refractivity contribution in [3.8, 4) is 6.01 Å². The molecule has 0 saturated carbocycles. The highest BCUT2D eigenvalue weighted by molar-refractivity contribution is 6.30. The van der Waals surface area contributed by atoms with Gasteiger partial charge in [0.05, 0.1) is 24.1 Å². The number of halogens is 1. The molecule has 1 atom stereocenters. The monoisotopic (exact) mass is 441 g/mol. The largest absolute Gasteiger partial charge is 0.459 e. The van der Waals surface area contributed by atoms with Crippen LogP contribution in [-0.2, 0) is 11.3 Å². The van der Waals surface area contributed by atoms with Crippen LogP contribution in [0.15, 0.2) is 48.5 Å². The standard InChI is InChI=1S/C24H28ClN3O3/c1-24(2,3)31-23(29)27-13-7-10-19(16-27)30-22-26-20-11-4-5-12-21(20)28(22)15-17-8-6-9-18(25)14-17/h4-6,8-9,11-12,14,19H,7,10,13,15-16H2,1-3H3/t19-/m1/s1. The number of carbonyl (C=O) groups is 1. The first-order valence-electron chi connectivity index (χ1n) is 10.6. The van der Waals surface area contributed by atoms with E-state index in [9.17, 15) is 4.79 Å². The van der Waals surface area contributed by atoms with Crippen LogP contribution in [0.25, 0.3) is 11.0 Å². The zero-order chi connectivity index (χ0) is 22.0. The van der Waals surface area contributed by atoms with Crippen LogP contribution in [-0.4, -0.2) is 45.3 Å². The van der Waals surface area contributed by atoms with Gasteiger partial charge in [0.15, 0.2) is 0 Å². The predicted molar refractivity (Wildman–Crippen MR) is 122 cm³/mol. The molecule has 0 aliphatic carbocycles. The Hall–Kier alpha value is -2.73. The van der Waals surface area contributed by atoms with Crippen LogP contribution in [0, 0.1) is 0 Å². The number of fused-ring (bicyclic) bond motifs is 1. The van der Waals surface area contributed by atoms with Crippen molar-refractivity contribution >= 4 is 28.7 Å². The van der Waals surface area contributed by atoms with Crippen LogP contribution in [0.3, 0.4) is 0 Å². The summed E-state index contributed by atoms with van der Waals surface area (Å²) in [5.74, 6) is 0. The number of hydrogen-bond acceptors (Lipinski definition) is 4. The Labute approximate surface area is 187 Å². The number of amides is 1. The summed E-state index contributed by atoms with van der Waals surface area (Å²) in [6, 6.07) is 16.3. The molecule has 1 aliphatic rings. The third kappa shape index (κ3) is 5.31. The van der Waals surface area contributed by atoms with Gasteiger partial charge in [0.2, 0.25) is 0 Å². The van der Waals surface area contributed by atoms with Crippen LogP contribution in [0.2, 0.25) is 5.02 Å². The maximum absolute atomic E-state index is 12.5. The Morgan fingerprint density at radius 1 is 1.19 bits per heavy atom. The number of nitrogens with zero attached hydrogens (tertiary/aromatic N) is 3. The van der Waals surface area contributed by atoms with Crippen molar-refractivity contribution in [1.29, 1.82) is 0 Å². The highest BCUT2D eigenvalue weighted by Crippen LogP contribution is 2.26. The van der Waals surface area contributed by atoms with Gasteiger partial charge in [0, 0.05) is 11.6 Å². The third-order valence-electron chi connectivity index (χ3n) is 5.15. The number of ether oxygens (including phenoxy) is 2. The van der Waals surface area contributed by atoms with Crippen molar-refractivity contribution in [2.45, 2.75) is 51.9 Å². The normalized spacial score (nSPS) is 17.0. The van der Waals surface area contributed by atoms with Gasteiger partial charge in [-0.3, -0.25) is 4.57 Å². The Kier molecular flexibility index (Phi) is 6.10. The maximum Gasteiger partial charge on any atom is 0.410 e. The number of piperidine rings is 1. The molecule has 2 aromatic carbocycles. The quantitative estimate of drug-likeness (QED) is 0.535. The fraction of sp³-hybridized carbons (Fsp3) is 0.417. The topological polar surface area (TPSA) is 56.6 Å². The molecule has 1 saturated heterocycles. The number of likely N-dealkylation sites (tertiary alicyclic amines) is 1. The average Bonchev–Trinajstić information content (AvgIpc) is 3.04. The second-order valence-corrected chi connectivity index (χ2v) is 9.34. The second-order valence-electron chi connectivity index (χ2n) is 8.91. The van der Waals surface area contributed by atoms with E-state index in [1.54, 1.807) is 4.90 Å². The van der Waals surface area contributed by atoms with Gasteiger partial charge >= 0.3 is 6.09 Å². The summed E-state index contributed by atoms with van der Waals surface area (Å²) in [6.07, 6.45) is 1.28. The first kappa shape index (κ1) is 21.5. The van der Waals surface area contributed by atoms with Crippen LogP contribution < -0.4 is 4.74 Å². The molecule has 1 aliphatic heterocycles. The molecular formula is C24H28ClN3O3. The molecule has 7 heteroatoms. The van der Waals surface area contributed by atoms with Crippen molar-refractivity contribution in [3.63, 3.8) is 0 Å². The average molecular weight is 442 g/mol. The van der Waals surface area contributed by atoms with Crippen molar-refractivity contribution in [2.24, 2.45) is 0 Å². The zero-order valence-corrected chi connectivity index (χ0v) is 18.9. The molecule has 31 heavy (non-hydrogen) atoms. The molecule has 0 spiro atoms. The molecule has 0 unspecified atom stereocenters. The molecule has 1 aromatic heterocycles. The third-order valence-corrected chi connectivity index (χ3v) is 5.39. The smallest absolute Gasteiger partial charge is 0.410 e. The minimum absolute atomic E-state index is 0.142. The van der Waals surface area contributed by atoms with E-state index >= 15 is 0 Å². The van der Waals surface area contributed by atoms with E-state index in [4.69, 9.17) is 26.1 Å². The van der Waals surface area contributed by atoms with Crippen LogP contribution in [0.1, 0.15) is 39.2 Å². The van der Waals surface area contributed by atoms with E-state index in [1.165, 1.54) is 0 Å². The molecular weight excluding hydrogens is 414 g/mol. The van der Waals surface area contributed by atoms with Crippen molar-refractivity contribution in [3.05, 3.63) is 59.1 Å². The van der Waals surface area contributed by atoms with Crippen molar-refractivity contribution < 1.29 is 14.3 Å². The summed E-state index contributed by atoms with van der Waals surface area (Å²) in [5.41, 5.74) is 2.42. The van der Waals surface area contributed by atoms with Gasteiger partial charge in [-0.2, -0.15) is 4.98 Å². The van der Waals surface area contributed by atoms with Gasteiger partial charge in [-0.15, -0.1) is 0 Å². The zero-order valence-electron chi connectivity index (χ0n) is 18.2. The van der Waals surface area contributed by atoms with E-state index in [2.05, 4.69) is 4.57 Å². The fourth-order valence-electron chi connectivity index (χ4n) is 3.79. The fourth-order valence-corrected chi connectivity index (χ4v) is 4.00. The number of aromatic nitrogens is 2. The van der Waals surface area contributed by atoms with Crippen LogP contribution >= 0.6 is 11.6 Å². The molecule has 1 amide bonds. The Balaban J connectivity index is 1.56. The summed E-state index contributed by atoms with van der Waals surface area (Å²) in [4.78, 5) is 19.0. The highest BCUT2D eigenvalue weighted by Gasteiger charge is 2.29. The molecule has 6 nitrogen and oxygen atoms in total. The van der Waals surface area contributed by atoms with Gasteiger partial charge in [-0.25, -0.2) is 4.79 Å². The summed E-state index contributed by atoms with van der Waals surface area (Å²) in [5, 5.41) is 0.699. The first-order valence-corrected chi connectivity index (χ1v) is 11.0. The number of para-hydroxylation sites is 2. The van der Waals surface area contributed by atoms with Crippen LogP contribution in [0.5, 0.6) is 6.01 Å². The Morgan fingerprint density at radius 2 is 2.00 bits per heavy atom. The lowest BCUT2D eigenvalue weighted by Crippen LogP contribution is -2.46. The van der Waals surface area contributed by atoms with Crippen molar-refractivity contribution in [2.75, 3.05) is 13.1 Å². The molecule has 4 rings (SSSR count). The highest BCUT2D eigenvalue weighted by atomic mass is 35.5. The van der Waals surface area contributed by atoms with Crippen molar-refractivity contribution in [1.82, 2.24) is 14.5 Å². The Morgan fingerprint density at radius 3 is 2.77 bits per heavy atom. The molecule has 0 radical (unpaired) electrons. The minimum atomic E-state index is -0.518. The predicted octanol–water partition coefficient (Wildman–Crippen LogP) is 5.52. The van der Waals surface area contributed by atoms with Gasteiger partial charge in [0.1, 0.15) is 11.7 Å². The summed E-state index contributed by atoms with van der Waals surface area (Å²) >= 11 is 6.18. The molecule has 1 fully saturated rings. The first-order chi connectivity index (χ1) is 14.8. The summed E-state index contributed by atoms with van der Waals surface area (Å²) in [7, 11) is 0. The van der Waals surface area contributed by atoms with E-state index < -0.39 is 5.60 Å². The SMILES string of the molecule is CC(C)(C)OC(=O)N1CCC[C@@H](Oc2nc3ccccc3n2Cc2cccc(Cl)c2)C1. The lowest BCUT2D eigenvalue weighted by molar-refractivity contribution is 0.00626. The molecule has 164 valence electrons. The van der Waals surface area contributed by atoms with Crippen LogP contribution in [0.4, 0.5) is 4.79 Å². The van der Waals surface area contributed by atoms with Gasteiger partial charge in [-0.05, 0) is 63.4 Å².